The lowest BCUT2D eigenvalue weighted by Crippen LogP contribution is -2.21. The van der Waals surface area contributed by atoms with E-state index in [4.69, 9.17) is 9.15 Å². The standard InChI is InChI=1S/C15H14N2O4/c1-9-4-3-5-11(20-2)10(9)8-17-7-6-12-13(14(17)18)16-15(19)21-12/h3-7H,8H2,1-2H3,(H,16,19). The molecule has 0 amide bonds. The molecule has 3 rings (SSSR count). The highest BCUT2D eigenvalue weighted by molar-refractivity contribution is 5.70. The Kier molecular flexibility index (Phi) is 3.13. The monoisotopic (exact) mass is 286 g/mol. The van der Waals surface area contributed by atoms with Crippen molar-refractivity contribution in [2.75, 3.05) is 7.11 Å². The molecule has 0 spiro atoms. The first-order valence-corrected chi connectivity index (χ1v) is 6.45. The van der Waals surface area contributed by atoms with Gasteiger partial charge < -0.3 is 13.7 Å². The van der Waals surface area contributed by atoms with Crippen LogP contribution in [0.4, 0.5) is 0 Å². The molecule has 3 aromatic rings. The zero-order valence-corrected chi connectivity index (χ0v) is 11.7. The molecule has 108 valence electrons. The fourth-order valence-corrected chi connectivity index (χ4v) is 2.35. The SMILES string of the molecule is COc1cccc(C)c1Cn1ccc2oc(=O)[nH]c2c1=O. The van der Waals surface area contributed by atoms with Crippen molar-refractivity contribution in [1.82, 2.24) is 9.55 Å². The quantitative estimate of drug-likeness (QED) is 0.794. The summed E-state index contributed by atoms with van der Waals surface area (Å²) in [5, 5.41) is 0. The third kappa shape index (κ3) is 2.24. The molecule has 0 fully saturated rings. The van der Waals surface area contributed by atoms with Crippen molar-refractivity contribution in [3.8, 4) is 5.75 Å². The molecule has 1 aromatic carbocycles. The average molecular weight is 286 g/mol. The average Bonchev–Trinajstić information content (AvgIpc) is 2.85. The largest absolute Gasteiger partial charge is 0.496 e. The molecule has 6 heteroatoms. The lowest BCUT2D eigenvalue weighted by molar-refractivity contribution is 0.407. The number of hydrogen-bond donors (Lipinski definition) is 1. The molecule has 0 aliphatic carbocycles. The number of hydrogen-bond acceptors (Lipinski definition) is 4. The summed E-state index contributed by atoms with van der Waals surface area (Å²) in [6, 6.07) is 7.31. The number of rotatable bonds is 3. The summed E-state index contributed by atoms with van der Waals surface area (Å²) in [7, 11) is 1.60. The van der Waals surface area contributed by atoms with Crippen LogP contribution < -0.4 is 16.1 Å². The Morgan fingerprint density at radius 2 is 2.10 bits per heavy atom. The number of oxazole rings is 1. The van der Waals surface area contributed by atoms with Gasteiger partial charge >= 0.3 is 5.76 Å². The van der Waals surface area contributed by atoms with Gasteiger partial charge in [0.05, 0.1) is 13.7 Å². The van der Waals surface area contributed by atoms with Crippen molar-refractivity contribution in [1.29, 1.82) is 0 Å². The van der Waals surface area contributed by atoms with Gasteiger partial charge in [-0.2, -0.15) is 0 Å². The number of nitrogens with one attached hydrogen (secondary N) is 1. The molecule has 2 aromatic heterocycles. The highest BCUT2D eigenvalue weighted by Gasteiger charge is 2.11. The summed E-state index contributed by atoms with van der Waals surface area (Å²) in [6.07, 6.45) is 1.60. The van der Waals surface area contributed by atoms with Gasteiger partial charge in [-0.05, 0) is 24.6 Å². The lowest BCUT2D eigenvalue weighted by atomic mass is 10.1. The summed E-state index contributed by atoms with van der Waals surface area (Å²) in [5.41, 5.74) is 2.09. The third-order valence-electron chi connectivity index (χ3n) is 3.47. The van der Waals surface area contributed by atoms with Gasteiger partial charge in [0.1, 0.15) is 5.75 Å². The van der Waals surface area contributed by atoms with Gasteiger partial charge in [0.25, 0.3) is 5.56 Å². The number of aryl methyl sites for hydroxylation is 1. The van der Waals surface area contributed by atoms with Crippen LogP contribution in [0.25, 0.3) is 11.1 Å². The van der Waals surface area contributed by atoms with Crippen LogP contribution in [0.5, 0.6) is 5.75 Å². The van der Waals surface area contributed by atoms with Crippen LogP contribution >= 0.6 is 0 Å². The molecule has 0 saturated carbocycles. The highest BCUT2D eigenvalue weighted by atomic mass is 16.5. The van der Waals surface area contributed by atoms with E-state index in [1.165, 1.54) is 4.57 Å². The zero-order valence-electron chi connectivity index (χ0n) is 11.7. The van der Waals surface area contributed by atoms with Crippen LogP contribution in [0.2, 0.25) is 0 Å². The van der Waals surface area contributed by atoms with E-state index in [1.54, 1.807) is 19.4 Å². The minimum Gasteiger partial charge on any atom is -0.496 e. The van der Waals surface area contributed by atoms with E-state index in [2.05, 4.69) is 4.98 Å². The molecule has 0 unspecified atom stereocenters. The van der Waals surface area contributed by atoms with Crippen LogP contribution in [0, 0.1) is 6.92 Å². The van der Waals surface area contributed by atoms with Gasteiger partial charge in [0, 0.05) is 11.8 Å². The number of pyridine rings is 1. The van der Waals surface area contributed by atoms with Crippen LogP contribution in [-0.4, -0.2) is 16.7 Å². The minimum absolute atomic E-state index is 0.176. The molecule has 0 aliphatic rings. The van der Waals surface area contributed by atoms with Gasteiger partial charge in [-0.3, -0.25) is 9.78 Å². The van der Waals surface area contributed by atoms with Gasteiger partial charge in [-0.15, -0.1) is 0 Å². The number of nitrogens with zero attached hydrogens (tertiary/aromatic N) is 1. The number of benzene rings is 1. The second-order valence-electron chi connectivity index (χ2n) is 4.76. The van der Waals surface area contributed by atoms with E-state index in [1.807, 2.05) is 25.1 Å². The summed E-state index contributed by atoms with van der Waals surface area (Å²) in [4.78, 5) is 25.9. The number of aromatic nitrogens is 2. The van der Waals surface area contributed by atoms with E-state index in [0.717, 1.165) is 16.9 Å². The molecule has 0 atom stereocenters. The van der Waals surface area contributed by atoms with Crippen molar-refractivity contribution in [2.45, 2.75) is 13.5 Å². The van der Waals surface area contributed by atoms with Crippen molar-refractivity contribution in [2.24, 2.45) is 0 Å². The Balaban J connectivity index is 2.13. The van der Waals surface area contributed by atoms with Gasteiger partial charge in [0.2, 0.25) is 0 Å². The first-order valence-electron chi connectivity index (χ1n) is 6.45. The molecular weight excluding hydrogens is 272 g/mol. The molecule has 21 heavy (non-hydrogen) atoms. The van der Waals surface area contributed by atoms with E-state index in [9.17, 15) is 9.59 Å². The van der Waals surface area contributed by atoms with E-state index >= 15 is 0 Å². The molecule has 6 nitrogen and oxygen atoms in total. The summed E-state index contributed by atoms with van der Waals surface area (Å²) in [5.74, 6) is 0.0935. The second-order valence-corrected chi connectivity index (χ2v) is 4.76. The number of fused-ring (bicyclic) bond motifs is 1. The Morgan fingerprint density at radius 1 is 1.29 bits per heavy atom. The van der Waals surface area contributed by atoms with Gasteiger partial charge in [-0.25, -0.2) is 4.79 Å². The summed E-state index contributed by atoms with van der Waals surface area (Å²) >= 11 is 0. The van der Waals surface area contributed by atoms with Gasteiger partial charge in [0.15, 0.2) is 11.1 Å². The molecule has 1 N–H and O–H groups in total. The number of aromatic amines is 1. The molecule has 0 bridgehead atoms. The molecule has 0 saturated heterocycles. The number of ether oxygens (including phenoxy) is 1. The van der Waals surface area contributed by atoms with Crippen molar-refractivity contribution >= 4 is 11.1 Å². The van der Waals surface area contributed by atoms with Crippen LogP contribution in [-0.2, 0) is 6.54 Å². The lowest BCUT2D eigenvalue weighted by Gasteiger charge is -2.12. The third-order valence-corrected chi connectivity index (χ3v) is 3.47. The van der Waals surface area contributed by atoms with E-state index < -0.39 is 5.76 Å². The topological polar surface area (TPSA) is 77.2 Å². The molecular formula is C15H14N2O4. The summed E-state index contributed by atoms with van der Waals surface area (Å²) < 4.78 is 11.7. The van der Waals surface area contributed by atoms with Gasteiger partial charge in [-0.1, -0.05) is 12.1 Å². The molecule has 0 radical (unpaired) electrons. The van der Waals surface area contributed by atoms with Crippen LogP contribution in [0.15, 0.2) is 44.5 Å². The van der Waals surface area contributed by atoms with Crippen molar-refractivity contribution in [3.05, 3.63) is 62.5 Å². The summed E-state index contributed by atoms with van der Waals surface area (Å²) in [6.45, 7) is 2.32. The minimum atomic E-state index is -0.631. The molecule has 0 aliphatic heterocycles. The highest BCUT2D eigenvalue weighted by Crippen LogP contribution is 2.22. The molecule has 2 heterocycles. The fraction of sp³-hybridized carbons (Fsp3) is 0.200. The Morgan fingerprint density at radius 3 is 2.86 bits per heavy atom. The predicted molar refractivity (Wildman–Crippen MR) is 77.9 cm³/mol. The maximum atomic E-state index is 12.3. The Bertz CT molecular complexity index is 917. The Hall–Kier alpha value is -2.76. The Labute approximate surface area is 119 Å². The normalized spacial score (nSPS) is 11.0. The van der Waals surface area contributed by atoms with Crippen LogP contribution in [0.1, 0.15) is 11.1 Å². The number of methoxy groups -OCH3 is 1. The number of H-pyrrole nitrogens is 1. The first kappa shape index (κ1) is 13.2. The second kappa shape index (κ2) is 4.97. The van der Waals surface area contributed by atoms with Crippen molar-refractivity contribution in [3.63, 3.8) is 0 Å². The van der Waals surface area contributed by atoms with Crippen molar-refractivity contribution < 1.29 is 9.15 Å². The van der Waals surface area contributed by atoms with E-state index in [-0.39, 0.29) is 16.7 Å². The maximum Gasteiger partial charge on any atom is 0.417 e. The smallest absolute Gasteiger partial charge is 0.417 e. The van der Waals surface area contributed by atoms with Crippen LogP contribution in [0.3, 0.4) is 0 Å². The maximum absolute atomic E-state index is 12.3. The van der Waals surface area contributed by atoms with E-state index in [0.29, 0.717) is 6.54 Å². The zero-order chi connectivity index (χ0) is 15.0. The fourth-order valence-electron chi connectivity index (χ4n) is 2.35. The first-order chi connectivity index (χ1) is 10.1. The predicted octanol–water partition coefficient (Wildman–Crippen LogP) is 1.65.